The predicted molar refractivity (Wildman–Crippen MR) is 108 cm³/mol. The van der Waals surface area contributed by atoms with E-state index >= 15 is 0 Å². The van der Waals surface area contributed by atoms with E-state index in [0.29, 0.717) is 6.04 Å². The molecule has 1 unspecified atom stereocenters. The summed E-state index contributed by atoms with van der Waals surface area (Å²) in [6.45, 7) is 0. The van der Waals surface area contributed by atoms with E-state index in [9.17, 15) is 4.79 Å². The summed E-state index contributed by atoms with van der Waals surface area (Å²) in [5, 5.41) is 2.97. The highest BCUT2D eigenvalue weighted by Gasteiger charge is 2.38. The minimum absolute atomic E-state index is 0.162. The van der Waals surface area contributed by atoms with Crippen molar-refractivity contribution in [2.24, 2.45) is 0 Å². The Kier molecular flexibility index (Phi) is 4.02. The van der Waals surface area contributed by atoms with Gasteiger partial charge in [-0.3, -0.25) is 0 Å². The minimum Gasteiger partial charge on any atom is -0.240 e. The number of nitrogens with zero attached hydrogens (tertiary/aromatic N) is 2. The summed E-state index contributed by atoms with van der Waals surface area (Å²) in [5.41, 5.74) is 2.45. The fraction of sp³-hybridized carbons (Fsp3) is 0.368. The molecule has 0 amide bonds. The van der Waals surface area contributed by atoms with E-state index in [-0.39, 0.29) is 5.56 Å². The number of thioether (sulfide) groups is 1. The van der Waals surface area contributed by atoms with Crippen molar-refractivity contribution in [3.63, 3.8) is 0 Å². The van der Waals surface area contributed by atoms with Gasteiger partial charge in [-0.1, -0.05) is 45.5 Å². The minimum atomic E-state index is 0.162. The summed E-state index contributed by atoms with van der Waals surface area (Å²) in [7, 11) is 0. The number of halogens is 1. The van der Waals surface area contributed by atoms with Gasteiger partial charge < -0.3 is 0 Å². The quantitative estimate of drug-likeness (QED) is 0.342. The van der Waals surface area contributed by atoms with E-state index in [2.05, 4.69) is 20.5 Å². The molecule has 2 aromatic heterocycles. The zero-order valence-corrected chi connectivity index (χ0v) is 16.9. The molecule has 2 aliphatic rings. The molecule has 25 heavy (non-hydrogen) atoms. The smallest absolute Gasteiger partial charge is 0.240 e. The van der Waals surface area contributed by atoms with E-state index in [1.54, 1.807) is 11.8 Å². The Morgan fingerprint density at radius 3 is 2.80 bits per heavy atom. The largest absolute Gasteiger partial charge is 0.352 e. The molecule has 0 spiro atoms. The second-order valence-electron chi connectivity index (χ2n) is 6.64. The molecular formula is C19H18BrN2OS2+. The number of rotatable bonds is 2. The first-order chi connectivity index (χ1) is 12.3. The first-order valence-corrected chi connectivity index (χ1v) is 11.6. The maximum Gasteiger partial charge on any atom is 0.352 e. The van der Waals surface area contributed by atoms with Crippen molar-refractivity contribution in [1.29, 1.82) is 0 Å². The van der Waals surface area contributed by atoms with Crippen LogP contribution in [0.1, 0.15) is 29.3 Å². The highest BCUT2D eigenvalue weighted by atomic mass is 79.9. The zero-order chi connectivity index (χ0) is 17.0. The number of fused-ring (bicyclic) bond motifs is 5. The van der Waals surface area contributed by atoms with Gasteiger partial charge >= 0.3 is 10.7 Å². The summed E-state index contributed by atoms with van der Waals surface area (Å²) in [6, 6.07) is 10.5. The van der Waals surface area contributed by atoms with Crippen molar-refractivity contribution in [3.8, 4) is 5.69 Å². The van der Waals surface area contributed by atoms with Gasteiger partial charge in [-0.25, -0.2) is 9.36 Å². The molecule has 0 saturated carbocycles. The van der Waals surface area contributed by atoms with Gasteiger partial charge in [0.2, 0.25) is 0 Å². The number of aryl methyl sites for hydroxylation is 2. The molecule has 0 N–H and O–H groups in total. The van der Waals surface area contributed by atoms with Crippen molar-refractivity contribution in [1.82, 2.24) is 4.57 Å². The van der Waals surface area contributed by atoms with Crippen LogP contribution in [-0.2, 0) is 12.8 Å². The third-order valence-corrected chi connectivity index (χ3v) is 8.38. The molecule has 3 nitrogen and oxygen atoms in total. The maximum atomic E-state index is 13.5. The number of hydrogen-bond donors (Lipinski definition) is 0. The average molecular weight is 434 g/mol. The van der Waals surface area contributed by atoms with Gasteiger partial charge in [0.25, 0.3) is 0 Å². The summed E-state index contributed by atoms with van der Waals surface area (Å²) >= 11 is 7.34. The van der Waals surface area contributed by atoms with E-state index < -0.39 is 0 Å². The standard InChI is InChI=1S/C19H18BrN2OS2/c20-10-13-11-24-19-21(12-6-2-1-3-7-12)17(23)16-14-8-4-5-9-15(14)25-18(16)22(13)19/h1-3,6-7,13H,4-5,8-11H2/q+1. The molecule has 0 bridgehead atoms. The van der Waals surface area contributed by atoms with Crippen LogP contribution in [0.25, 0.3) is 15.9 Å². The third-order valence-electron chi connectivity index (χ3n) is 5.15. The molecule has 0 saturated heterocycles. The first kappa shape index (κ1) is 16.1. The first-order valence-electron chi connectivity index (χ1n) is 8.68. The predicted octanol–water partition coefficient (Wildman–Crippen LogP) is 4.26. The Morgan fingerprint density at radius 1 is 1.20 bits per heavy atom. The van der Waals surface area contributed by atoms with Crippen molar-refractivity contribution < 1.29 is 4.57 Å². The molecule has 6 heteroatoms. The molecule has 1 aliphatic carbocycles. The molecule has 3 aromatic rings. The van der Waals surface area contributed by atoms with Crippen molar-refractivity contribution in [3.05, 3.63) is 51.1 Å². The molecular weight excluding hydrogens is 416 g/mol. The molecule has 3 heterocycles. The van der Waals surface area contributed by atoms with Gasteiger partial charge in [0, 0.05) is 16.0 Å². The molecule has 1 aromatic carbocycles. The maximum absolute atomic E-state index is 13.5. The number of aromatic nitrogens is 2. The summed E-state index contributed by atoms with van der Waals surface area (Å²) in [6.07, 6.45) is 4.61. The van der Waals surface area contributed by atoms with Crippen LogP contribution in [0.5, 0.6) is 0 Å². The number of para-hydroxylation sites is 1. The SMILES string of the molecule is O=c1c2c3c(sc2[n+]2c(n1-c1ccccc1)SCC2CBr)CCCC3. The Hall–Kier alpha value is -1.11. The van der Waals surface area contributed by atoms with E-state index in [1.165, 1.54) is 28.1 Å². The van der Waals surface area contributed by atoms with Gasteiger partial charge in [0.15, 0.2) is 4.83 Å². The lowest BCUT2D eigenvalue weighted by molar-refractivity contribution is -0.722. The molecule has 0 fully saturated rings. The number of alkyl halides is 1. The summed E-state index contributed by atoms with van der Waals surface area (Å²) < 4.78 is 4.36. The molecule has 128 valence electrons. The number of benzene rings is 1. The van der Waals surface area contributed by atoms with Crippen LogP contribution in [0.3, 0.4) is 0 Å². The average Bonchev–Trinajstić information content (AvgIpc) is 3.24. The van der Waals surface area contributed by atoms with E-state index in [0.717, 1.165) is 40.2 Å². The van der Waals surface area contributed by atoms with Gasteiger partial charge in [-0.05, 0) is 55.1 Å². The van der Waals surface area contributed by atoms with Crippen LogP contribution in [0.15, 0.2) is 40.3 Å². The molecule has 0 radical (unpaired) electrons. The number of thiophene rings is 1. The van der Waals surface area contributed by atoms with Crippen LogP contribution in [-0.4, -0.2) is 15.7 Å². The second kappa shape index (κ2) is 6.25. The Bertz CT molecular complexity index is 1030. The lowest BCUT2D eigenvalue weighted by atomic mass is 9.97. The fourth-order valence-electron chi connectivity index (χ4n) is 3.95. The van der Waals surface area contributed by atoms with E-state index in [1.807, 2.05) is 46.2 Å². The van der Waals surface area contributed by atoms with E-state index in [4.69, 9.17) is 0 Å². The van der Waals surface area contributed by atoms with Gasteiger partial charge in [-0.15, -0.1) is 0 Å². The fourth-order valence-corrected chi connectivity index (χ4v) is 7.59. The zero-order valence-electron chi connectivity index (χ0n) is 13.7. The molecule has 1 aliphatic heterocycles. The normalized spacial score (nSPS) is 19.2. The Morgan fingerprint density at radius 2 is 2.00 bits per heavy atom. The van der Waals surface area contributed by atoms with Crippen LogP contribution in [0, 0.1) is 0 Å². The van der Waals surface area contributed by atoms with Gasteiger partial charge in [-0.2, -0.15) is 4.57 Å². The van der Waals surface area contributed by atoms with Crippen molar-refractivity contribution >= 4 is 49.2 Å². The number of hydrogen-bond acceptors (Lipinski definition) is 3. The summed E-state index contributed by atoms with van der Waals surface area (Å²) in [4.78, 5) is 16.2. The van der Waals surface area contributed by atoms with Crippen LogP contribution in [0.4, 0.5) is 0 Å². The third kappa shape index (κ3) is 2.37. The Labute approximate surface area is 162 Å². The lowest BCUT2D eigenvalue weighted by Gasteiger charge is -2.11. The topological polar surface area (TPSA) is 25.9 Å². The Balaban J connectivity index is 1.92. The van der Waals surface area contributed by atoms with Gasteiger partial charge in [0.05, 0.1) is 0 Å². The lowest BCUT2D eigenvalue weighted by Crippen LogP contribution is -2.44. The molecule has 1 atom stereocenters. The van der Waals surface area contributed by atoms with Crippen LogP contribution >= 0.6 is 39.0 Å². The second-order valence-corrected chi connectivity index (χ2v) is 9.36. The van der Waals surface area contributed by atoms with Gasteiger partial charge in [0.1, 0.15) is 17.1 Å². The highest BCUT2D eigenvalue weighted by Crippen LogP contribution is 2.37. The summed E-state index contributed by atoms with van der Waals surface area (Å²) in [5.74, 6) is 1.01. The van der Waals surface area contributed by atoms with Crippen molar-refractivity contribution in [2.75, 3.05) is 11.1 Å². The highest BCUT2D eigenvalue weighted by molar-refractivity contribution is 9.09. The van der Waals surface area contributed by atoms with Crippen LogP contribution in [0.2, 0.25) is 0 Å². The van der Waals surface area contributed by atoms with Crippen molar-refractivity contribution in [2.45, 2.75) is 36.9 Å². The molecule has 5 rings (SSSR count). The van der Waals surface area contributed by atoms with Crippen LogP contribution < -0.4 is 10.1 Å². The monoisotopic (exact) mass is 433 g/mol.